The highest BCUT2D eigenvalue weighted by Crippen LogP contribution is 2.38. The van der Waals surface area contributed by atoms with E-state index in [0.29, 0.717) is 24.8 Å². The molecule has 0 aromatic rings. The highest BCUT2D eigenvalue weighted by molar-refractivity contribution is 6.04. The average Bonchev–Trinajstić information content (AvgIpc) is 2.95. The summed E-state index contributed by atoms with van der Waals surface area (Å²) in [5.41, 5.74) is -2.31. The van der Waals surface area contributed by atoms with Crippen LogP contribution in [0.4, 0.5) is 0 Å². The second-order valence-corrected chi connectivity index (χ2v) is 15.3. The molecule has 3 fully saturated rings. The number of piperidine rings is 1. The van der Waals surface area contributed by atoms with Gasteiger partial charge in [-0.15, -0.1) is 0 Å². The predicted octanol–water partition coefficient (Wildman–Crippen LogP) is 3.44. The van der Waals surface area contributed by atoms with Crippen LogP contribution in [0.25, 0.3) is 0 Å². The molecule has 3 aliphatic rings. The summed E-state index contributed by atoms with van der Waals surface area (Å²) in [6.07, 6.45) is 0.646. The molecule has 0 radical (unpaired) electrons. The molecular weight excluding hydrogens is 562 g/mol. The first-order chi connectivity index (χ1) is 20.4. The largest absolute Gasteiger partial charge is 0.463 e. The number of cyclic esters (lactones) is 1. The minimum atomic E-state index is -1.40. The van der Waals surface area contributed by atoms with Crippen LogP contribution in [0.1, 0.15) is 81.1 Å². The standard InChI is InChI=1S/C34H63N3O7/c1-21(2)37-15-13-14-25(19-37)27-20-42-32(40)33(6,7)29(39)24(5)30(34(8,41-12)17-22(3)18-36(27)11)44-31-28(38)26(35(9)10)16-23(4)43-31/h21-28,30-31,38H,13-20H2,1-12H3/t22-,23-,24+,25?,26+,27+,28-,30-,31+,34-/m1/s1. The van der Waals surface area contributed by atoms with Crippen molar-refractivity contribution in [3.8, 4) is 0 Å². The molecule has 256 valence electrons. The molecule has 3 heterocycles. The molecule has 0 saturated carbocycles. The molecule has 0 aromatic heterocycles. The van der Waals surface area contributed by atoms with Crippen LogP contribution in [-0.2, 0) is 28.5 Å². The summed E-state index contributed by atoms with van der Waals surface area (Å²) in [5, 5.41) is 11.3. The number of hydrogen-bond acceptors (Lipinski definition) is 10. The molecule has 10 nitrogen and oxygen atoms in total. The Morgan fingerprint density at radius 2 is 1.75 bits per heavy atom. The van der Waals surface area contributed by atoms with Gasteiger partial charge >= 0.3 is 5.97 Å². The number of hydrogen-bond donors (Lipinski definition) is 1. The maximum Gasteiger partial charge on any atom is 0.319 e. The summed E-state index contributed by atoms with van der Waals surface area (Å²) in [6.45, 7) is 18.7. The molecule has 3 rings (SSSR count). The number of likely N-dealkylation sites (tertiary alicyclic amines) is 1. The fourth-order valence-corrected chi connectivity index (χ4v) is 7.88. The minimum absolute atomic E-state index is 0.0307. The lowest BCUT2D eigenvalue weighted by molar-refractivity contribution is -0.295. The van der Waals surface area contributed by atoms with Crippen LogP contribution in [0.2, 0.25) is 0 Å². The van der Waals surface area contributed by atoms with Gasteiger partial charge in [-0.3, -0.25) is 14.5 Å². The molecular formula is C34H63N3O7. The van der Waals surface area contributed by atoms with Gasteiger partial charge in [-0.1, -0.05) is 13.8 Å². The van der Waals surface area contributed by atoms with Gasteiger partial charge in [0.05, 0.1) is 17.8 Å². The van der Waals surface area contributed by atoms with Gasteiger partial charge in [-0.25, -0.2) is 0 Å². The molecule has 1 unspecified atom stereocenters. The number of methoxy groups -OCH3 is 1. The van der Waals surface area contributed by atoms with Crippen LogP contribution in [0, 0.1) is 23.2 Å². The minimum Gasteiger partial charge on any atom is -0.463 e. The lowest BCUT2D eigenvalue weighted by Gasteiger charge is -2.47. The zero-order valence-electron chi connectivity index (χ0n) is 29.7. The second kappa shape index (κ2) is 15.2. The van der Waals surface area contributed by atoms with Gasteiger partial charge in [0, 0.05) is 44.2 Å². The van der Waals surface area contributed by atoms with E-state index in [2.05, 4.69) is 37.6 Å². The van der Waals surface area contributed by atoms with Gasteiger partial charge in [0.15, 0.2) is 12.1 Å². The Morgan fingerprint density at radius 3 is 2.34 bits per heavy atom. The highest BCUT2D eigenvalue weighted by Gasteiger charge is 2.51. The van der Waals surface area contributed by atoms with Crippen molar-refractivity contribution in [1.82, 2.24) is 14.7 Å². The van der Waals surface area contributed by atoms with E-state index >= 15 is 0 Å². The summed E-state index contributed by atoms with van der Waals surface area (Å²) < 4.78 is 25.1. The number of carbonyl (C=O) groups is 2. The number of rotatable bonds is 6. The van der Waals surface area contributed by atoms with Gasteiger partial charge in [0.1, 0.15) is 18.1 Å². The number of Topliss-reactive ketones (excluding diaryl/α,β-unsaturated/α-hetero) is 1. The summed E-state index contributed by atoms with van der Waals surface area (Å²) >= 11 is 0. The zero-order valence-corrected chi connectivity index (χ0v) is 29.7. The summed E-state index contributed by atoms with van der Waals surface area (Å²) in [6, 6.07) is 0.322. The third-order valence-corrected chi connectivity index (χ3v) is 10.7. The molecule has 10 atom stereocenters. The fourth-order valence-electron chi connectivity index (χ4n) is 7.88. The Balaban J connectivity index is 1.99. The Morgan fingerprint density at radius 1 is 1.09 bits per heavy atom. The van der Waals surface area contributed by atoms with Crippen LogP contribution >= 0.6 is 0 Å². The lowest BCUT2D eigenvalue weighted by atomic mass is 9.74. The van der Waals surface area contributed by atoms with E-state index in [0.717, 1.165) is 32.5 Å². The molecule has 10 heteroatoms. The number of ketones is 1. The Bertz CT molecular complexity index is 961. The Hall–Kier alpha value is -1.14. The molecule has 3 aliphatic heterocycles. The number of nitrogens with zero attached hydrogens (tertiary/aromatic N) is 3. The quantitative estimate of drug-likeness (QED) is 0.349. The van der Waals surface area contributed by atoms with Crippen molar-refractivity contribution in [2.75, 3.05) is 54.5 Å². The van der Waals surface area contributed by atoms with Crippen LogP contribution in [0.3, 0.4) is 0 Å². The monoisotopic (exact) mass is 625 g/mol. The number of ether oxygens (including phenoxy) is 4. The third-order valence-electron chi connectivity index (χ3n) is 10.7. The fraction of sp³-hybridized carbons (Fsp3) is 0.941. The number of likely N-dealkylation sites (N-methyl/N-ethyl adjacent to an activating group) is 2. The van der Waals surface area contributed by atoms with Gasteiger partial charge in [-0.2, -0.15) is 0 Å². The van der Waals surface area contributed by atoms with Crippen molar-refractivity contribution in [3.63, 3.8) is 0 Å². The van der Waals surface area contributed by atoms with E-state index in [1.165, 1.54) is 0 Å². The smallest absolute Gasteiger partial charge is 0.319 e. The molecule has 0 amide bonds. The van der Waals surface area contributed by atoms with E-state index in [-0.39, 0.29) is 36.5 Å². The Kier molecular flexibility index (Phi) is 12.9. The van der Waals surface area contributed by atoms with E-state index in [9.17, 15) is 14.7 Å². The van der Waals surface area contributed by atoms with Crippen molar-refractivity contribution < 1.29 is 33.6 Å². The first kappa shape index (κ1) is 37.3. The van der Waals surface area contributed by atoms with E-state index in [4.69, 9.17) is 18.9 Å². The third kappa shape index (κ3) is 8.41. The predicted molar refractivity (Wildman–Crippen MR) is 171 cm³/mol. The maximum atomic E-state index is 14.2. The van der Waals surface area contributed by atoms with Crippen molar-refractivity contribution in [3.05, 3.63) is 0 Å². The van der Waals surface area contributed by atoms with Crippen molar-refractivity contribution in [2.24, 2.45) is 23.2 Å². The normalized spacial score (nSPS) is 40.8. The van der Waals surface area contributed by atoms with E-state index < -0.39 is 41.4 Å². The highest BCUT2D eigenvalue weighted by atomic mass is 16.7. The summed E-state index contributed by atoms with van der Waals surface area (Å²) in [4.78, 5) is 34.8. The van der Waals surface area contributed by atoms with Crippen LogP contribution < -0.4 is 0 Å². The molecule has 0 spiro atoms. The Labute approximate surface area is 267 Å². The molecule has 0 bridgehead atoms. The SMILES string of the molecule is CO[C@]1(C)C[C@@H](C)CN(C)[C@H](C2CCCN(C(C)C)C2)COC(=O)C(C)(C)C(=O)[C@H](C)[C@H]1O[C@@H]1O[C@H](C)C[C@H](N(C)C)[C@H]1O. The molecule has 3 saturated heterocycles. The van der Waals surface area contributed by atoms with Crippen molar-refractivity contribution in [1.29, 1.82) is 0 Å². The van der Waals surface area contributed by atoms with Gasteiger partial charge in [0.25, 0.3) is 0 Å². The van der Waals surface area contributed by atoms with Crippen molar-refractivity contribution in [2.45, 2.75) is 129 Å². The average molecular weight is 626 g/mol. The van der Waals surface area contributed by atoms with Gasteiger partial charge in [0.2, 0.25) is 0 Å². The maximum absolute atomic E-state index is 14.2. The summed E-state index contributed by atoms with van der Waals surface area (Å²) in [7, 11) is 7.63. The van der Waals surface area contributed by atoms with Crippen LogP contribution in [0.15, 0.2) is 0 Å². The van der Waals surface area contributed by atoms with Crippen LogP contribution in [0.5, 0.6) is 0 Å². The first-order valence-electron chi connectivity index (χ1n) is 16.8. The van der Waals surface area contributed by atoms with E-state index in [1.807, 2.05) is 32.8 Å². The zero-order chi connectivity index (χ0) is 33.1. The van der Waals surface area contributed by atoms with Gasteiger partial charge < -0.3 is 33.9 Å². The van der Waals surface area contributed by atoms with Crippen molar-refractivity contribution >= 4 is 11.8 Å². The number of aliphatic hydroxyl groups excluding tert-OH is 1. The van der Waals surface area contributed by atoms with Crippen LogP contribution in [-0.4, -0.2) is 134 Å². The number of aliphatic hydroxyl groups is 1. The topological polar surface area (TPSA) is 101 Å². The van der Waals surface area contributed by atoms with E-state index in [1.54, 1.807) is 27.9 Å². The molecule has 1 N–H and O–H groups in total. The lowest BCUT2D eigenvalue weighted by Crippen LogP contribution is -2.59. The molecule has 0 aromatic carbocycles. The molecule has 0 aliphatic carbocycles. The second-order valence-electron chi connectivity index (χ2n) is 15.3. The summed E-state index contributed by atoms with van der Waals surface area (Å²) in [5.74, 6) is -1.03. The number of carbonyl (C=O) groups excluding carboxylic acids is 2. The van der Waals surface area contributed by atoms with Gasteiger partial charge in [-0.05, 0) is 107 Å². The molecule has 44 heavy (non-hydrogen) atoms. The first-order valence-corrected chi connectivity index (χ1v) is 16.8. The number of esters is 1.